The monoisotopic (exact) mass is 355 g/mol. The highest BCUT2D eigenvalue weighted by molar-refractivity contribution is 5.96. The van der Waals surface area contributed by atoms with Gasteiger partial charge in [0.1, 0.15) is 5.75 Å². The number of esters is 1. The highest BCUT2D eigenvalue weighted by Crippen LogP contribution is 2.18. The van der Waals surface area contributed by atoms with Crippen molar-refractivity contribution in [2.45, 2.75) is 46.3 Å². The van der Waals surface area contributed by atoms with Crippen LogP contribution >= 0.6 is 0 Å². The number of benzene rings is 2. The second-order valence-electron chi connectivity index (χ2n) is 6.21. The Morgan fingerprint density at radius 2 is 1.77 bits per heavy atom. The zero-order valence-electron chi connectivity index (χ0n) is 15.6. The van der Waals surface area contributed by atoms with Crippen molar-refractivity contribution in [3.05, 3.63) is 59.7 Å². The molecule has 0 aliphatic carbocycles. The van der Waals surface area contributed by atoms with Crippen molar-refractivity contribution >= 4 is 17.6 Å². The van der Waals surface area contributed by atoms with Gasteiger partial charge in [-0.1, -0.05) is 37.3 Å². The second-order valence-corrected chi connectivity index (χ2v) is 6.21. The largest absolute Gasteiger partial charge is 0.479 e. The molecular weight excluding hydrogens is 330 g/mol. The average molecular weight is 355 g/mol. The molecule has 2 aromatic carbocycles. The van der Waals surface area contributed by atoms with Gasteiger partial charge in [0.05, 0.1) is 0 Å². The molecule has 0 aliphatic heterocycles. The summed E-state index contributed by atoms with van der Waals surface area (Å²) in [6, 6.07) is 14.9. The topological polar surface area (TPSA) is 64.6 Å². The van der Waals surface area contributed by atoms with Crippen LogP contribution in [0.5, 0.6) is 5.75 Å². The molecule has 1 amide bonds. The lowest BCUT2D eigenvalue weighted by Crippen LogP contribution is -2.36. The summed E-state index contributed by atoms with van der Waals surface area (Å²) >= 11 is 0. The minimum Gasteiger partial charge on any atom is -0.479 e. The molecule has 26 heavy (non-hydrogen) atoms. The molecule has 5 heteroatoms. The van der Waals surface area contributed by atoms with Crippen LogP contribution in [-0.2, 0) is 14.3 Å². The van der Waals surface area contributed by atoms with Crippen molar-refractivity contribution in [3.63, 3.8) is 0 Å². The Morgan fingerprint density at radius 1 is 1.08 bits per heavy atom. The number of carbonyl (C=O) groups is 2. The molecule has 0 aromatic heterocycles. The molecular formula is C21H25NO4. The SMILES string of the molecule is CC[C@H](Oc1ccccc1)C(=O)O[C@H](C)C(=O)Nc1cc(C)ccc1C. The molecule has 0 saturated heterocycles. The summed E-state index contributed by atoms with van der Waals surface area (Å²) in [5, 5.41) is 2.81. The normalized spacial score (nSPS) is 12.8. The van der Waals surface area contributed by atoms with Gasteiger partial charge in [-0.15, -0.1) is 0 Å². The van der Waals surface area contributed by atoms with Crippen molar-refractivity contribution in [2.75, 3.05) is 5.32 Å². The summed E-state index contributed by atoms with van der Waals surface area (Å²) in [7, 11) is 0. The van der Waals surface area contributed by atoms with Crippen LogP contribution < -0.4 is 10.1 Å². The molecule has 0 saturated carbocycles. The van der Waals surface area contributed by atoms with E-state index in [1.165, 1.54) is 0 Å². The van der Waals surface area contributed by atoms with Crippen LogP contribution in [0.1, 0.15) is 31.4 Å². The molecule has 0 unspecified atom stereocenters. The van der Waals surface area contributed by atoms with Gasteiger partial charge in [-0.25, -0.2) is 4.79 Å². The van der Waals surface area contributed by atoms with Gasteiger partial charge < -0.3 is 14.8 Å². The van der Waals surface area contributed by atoms with Gasteiger partial charge in [-0.3, -0.25) is 4.79 Å². The molecule has 138 valence electrons. The fourth-order valence-electron chi connectivity index (χ4n) is 2.37. The van der Waals surface area contributed by atoms with E-state index in [2.05, 4.69) is 5.32 Å². The fraction of sp³-hybridized carbons (Fsp3) is 0.333. The quantitative estimate of drug-likeness (QED) is 0.762. The van der Waals surface area contributed by atoms with E-state index < -0.39 is 18.2 Å². The number of aryl methyl sites for hydroxylation is 2. The van der Waals surface area contributed by atoms with Crippen LogP contribution in [-0.4, -0.2) is 24.1 Å². The molecule has 0 fully saturated rings. The number of anilines is 1. The summed E-state index contributed by atoms with van der Waals surface area (Å²) in [6.45, 7) is 7.24. The Balaban J connectivity index is 1.96. The smallest absolute Gasteiger partial charge is 0.348 e. The van der Waals surface area contributed by atoms with Gasteiger partial charge in [-0.05, 0) is 56.5 Å². The number of hydrogen-bond acceptors (Lipinski definition) is 4. The molecule has 0 radical (unpaired) electrons. The first-order valence-electron chi connectivity index (χ1n) is 8.71. The summed E-state index contributed by atoms with van der Waals surface area (Å²) in [6.07, 6.45) is -1.23. The van der Waals surface area contributed by atoms with E-state index in [-0.39, 0.29) is 5.91 Å². The molecule has 2 aromatic rings. The van der Waals surface area contributed by atoms with Gasteiger partial charge in [0.15, 0.2) is 12.2 Å². The Hall–Kier alpha value is -2.82. The molecule has 0 bridgehead atoms. The number of ether oxygens (including phenoxy) is 2. The van der Waals surface area contributed by atoms with Gasteiger partial charge in [-0.2, -0.15) is 0 Å². The van der Waals surface area contributed by atoms with Crippen LogP contribution in [0.3, 0.4) is 0 Å². The maximum atomic E-state index is 12.4. The number of hydrogen-bond donors (Lipinski definition) is 1. The highest BCUT2D eigenvalue weighted by Gasteiger charge is 2.25. The zero-order chi connectivity index (χ0) is 19.1. The first kappa shape index (κ1) is 19.5. The van der Waals surface area contributed by atoms with E-state index in [0.29, 0.717) is 17.9 Å². The minimum absolute atomic E-state index is 0.374. The summed E-state index contributed by atoms with van der Waals surface area (Å²) in [4.78, 5) is 24.7. The van der Waals surface area contributed by atoms with Gasteiger partial charge in [0, 0.05) is 5.69 Å². The van der Waals surface area contributed by atoms with Gasteiger partial charge in [0.2, 0.25) is 0 Å². The van der Waals surface area contributed by atoms with Crippen LogP contribution in [0, 0.1) is 13.8 Å². The highest BCUT2D eigenvalue weighted by atomic mass is 16.6. The number of amides is 1. The van der Waals surface area contributed by atoms with E-state index in [0.717, 1.165) is 11.1 Å². The van der Waals surface area contributed by atoms with E-state index in [9.17, 15) is 9.59 Å². The van der Waals surface area contributed by atoms with E-state index in [1.807, 2.05) is 57.2 Å². The Kier molecular flexibility index (Phi) is 6.78. The molecule has 0 spiro atoms. The summed E-state index contributed by atoms with van der Waals surface area (Å²) < 4.78 is 11.0. The fourth-order valence-corrected chi connectivity index (χ4v) is 2.37. The Labute approximate surface area is 154 Å². The van der Waals surface area contributed by atoms with Gasteiger partial charge >= 0.3 is 5.97 Å². The van der Waals surface area contributed by atoms with Crippen molar-refractivity contribution < 1.29 is 19.1 Å². The molecule has 2 rings (SSSR count). The van der Waals surface area contributed by atoms with E-state index in [1.54, 1.807) is 19.1 Å². The third-order valence-electron chi connectivity index (χ3n) is 3.97. The lowest BCUT2D eigenvalue weighted by molar-refractivity contribution is -0.160. The molecule has 2 atom stereocenters. The predicted octanol–water partition coefficient (Wildman–Crippen LogP) is 4.03. The molecule has 0 aliphatic rings. The second kappa shape index (κ2) is 9.04. The zero-order valence-corrected chi connectivity index (χ0v) is 15.6. The number of nitrogens with one attached hydrogen (secondary N) is 1. The van der Waals surface area contributed by atoms with Crippen LogP contribution in [0.4, 0.5) is 5.69 Å². The van der Waals surface area contributed by atoms with Gasteiger partial charge in [0.25, 0.3) is 5.91 Å². The predicted molar refractivity (Wildman–Crippen MR) is 101 cm³/mol. The van der Waals surface area contributed by atoms with Crippen molar-refractivity contribution in [3.8, 4) is 5.75 Å². The van der Waals surface area contributed by atoms with Crippen molar-refractivity contribution in [1.82, 2.24) is 0 Å². The van der Waals surface area contributed by atoms with Crippen LogP contribution in [0.15, 0.2) is 48.5 Å². The summed E-state index contributed by atoms with van der Waals surface area (Å²) in [5.41, 5.74) is 2.70. The lowest BCUT2D eigenvalue weighted by atomic mass is 10.1. The molecule has 5 nitrogen and oxygen atoms in total. The Morgan fingerprint density at radius 3 is 2.42 bits per heavy atom. The molecule has 0 heterocycles. The van der Waals surface area contributed by atoms with E-state index in [4.69, 9.17) is 9.47 Å². The van der Waals surface area contributed by atoms with E-state index >= 15 is 0 Å². The summed E-state index contributed by atoms with van der Waals surface area (Å²) in [5.74, 6) is -0.342. The third-order valence-corrected chi connectivity index (χ3v) is 3.97. The standard InChI is InChI=1S/C21H25NO4/c1-5-19(26-17-9-7-6-8-10-17)21(24)25-16(4)20(23)22-18-13-14(2)11-12-15(18)3/h6-13,16,19H,5H2,1-4H3,(H,22,23)/t16-,19+/m1/s1. The third kappa shape index (κ3) is 5.34. The van der Waals surface area contributed by atoms with Crippen LogP contribution in [0.2, 0.25) is 0 Å². The maximum Gasteiger partial charge on any atom is 0.348 e. The first-order valence-corrected chi connectivity index (χ1v) is 8.71. The van der Waals surface area contributed by atoms with Crippen LogP contribution in [0.25, 0.3) is 0 Å². The first-order chi connectivity index (χ1) is 12.4. The number of para-hydroxylation sites is 1. The lowest BCUT2D eigenvalue weighted by Gasteiger charge is -2.20. The minimum atomic E-state index is -0.921. The average Bonchev–Trinajstić information content (AvgIpc) is 2.63. The maximum absolute atomic E-state index is 12.4. The van der Waals surface area contributed by atoms with Crippen molar-refractivity contribution in [2.24, 2.45) is 0 Å². The Bertz CT molecular complexity index is 758. The number of carbonyl (C=O) groups excluding carboxylic acids is 2. The number of rotatable bonds is 7. The molecule has 1 N–H and O–H groups in total. The van der Waals surface area contributed by atoms with Crippen molar-refractivity contribution in [1.29, 1.82) is 0 Å².